The molecule has 0 aromatic heterocycles. The molecule has 5 rings (SSSR count). The molecule has 1 unspecified atom stereocenters. The van der Waals surface area contributed by atoms with Crippen LogP contribution in [-0.4, -0.2) is 52.4 Å². The highest BCUT2D eigenvalue weighted by molar-refractivity contribution is 6.01. The topological polar surface area (TPSA) is 93.1 Å². The predicted molar refractivity (Wildman–Crippen MR) is 113 cm³/mol. The average molecular weight is 437 g/mol. The summed E-state index contributed by atoms with van der Waals surface area (Å²) in [4.78, 5) is 25.9. The van der Waals surface area contributed by atoms with Crippen molar-refractivity contribution in [3.05, 3.63) is 23.8 Å². The van der Waals surface area contributed by atoms with Crippen LogP contribution in [-0.2, 0) is 19.1 Å². The van der Waals surface area contributed by atoms with Crippen molar-refractivity contribution >= 4 is 11.6 Å². The predicted octanol–water partition coefficient (Wildman–Crippen LogP) is 2.72. The first kappa shape index (κ1) is 15.5. The number of hydrogen-bond donors (Lipinski definition) is 2. The molecule has 4 fully saturated rings. The van der Waals surface area contributed by atoms with Crippen molar-refractivity contribution in [2.75, 3.05) is 6.56 Å². The van der Waals surface area contributed by atoms with Crippen LogP contribution in [0.25, 0.3) is 0 Å². The Hall–Kier alpha value is -1.34. The molecule has 5 aliphatic rings. The minimum absolute atomic E-state index is 0.0519. The first-order chi connectivity index (χ1) is 16.9. The first-order valence-corrected chi connectivity index (χ1v) is 11.2. The lowest BCUT2D eigenvalue weighted by Gasteiger charge is -2.59. The van der Waals surface area contributed by atoms with Crippen molar-refractivity contribution < 1.29 is 37.5 Å². The van der Waals surface area contributed by atoms with E-state index in [9.17, 15) is 19.8 Å². The second kappa shape index (κ2) is 7.08. The molecular formula is C25H34O6. The van der Waals surface area contributed by atoms with E-state index >= 15 is 0 Å². The van der Waals surface area contributed by atoms with E-state index in [0.29, 0.717) is 6.42 Å². The quantitative estimate of drug-likeness (QED) is 0.704. The fraction of sp³-hybridized carbons (Fsp3) is 0.760. The third kappa shape index (κ3) is 2.65. The van der Waals surface area contributed by atoms with Crippen LogP contribution >= 0.6 is 0 Å². The SMILES string of the molecule is [2H]C1=C[C@@]2(C)C(=CC1=O)C([2H])([2H])C[C@@H]1[C@@H]2[C@@H](O)C[C@@]2(C)[C@H]1C[C@H]1OC([2H])(CCC)O[C@]12C(=O)C([2H])([2H])O. The van der Waals surface area contributed by atoms with Gasteiger partial charge in [-0.3, -0.25) is 9.59 Å². The monoisotopic (exact) mass is 436 g/mol. The number of aliphatic hydroxyl groups is 2. The molecule has 170 valence electrons. The lowest BCUT2D eigenvalue weighted by atomic mass is 9.46. The first-order valence-electron chi connectivity index (χ1n) is 14.2. The number of hydrogen-bond acceptors (Lipinski definition) is 6. The molecule has 1 aliphatic heterocycles. The van der Waals surface area contributed by atoms with Crippen LogP contribution in [0.5, 0.6) is 0 Å². The summed E-state index contributed by atoms with van der Waals surface area (Å²) in [5.41, 5.74) is -4.24. The second-order valence-corrected chi connectivity index (χ2v) is 10.1. The Kier molecular flexibility index (Phi) is 3.54. The van der Waals surface area contributed by atoms with Gasteiger partial charge >= 0.3 is 0 Å². The Labute approximate surface area is 192 Å². The maximum absolute atomic E-state index is 13.6. The van der Waals surface area contributed by atoms with Gasteiger partial charge in [-0.25, -0.2) is 0 Å². The number of fused-ring (bicyclic) bond motifs is 7. The van der Waals surface area contributed by atoms with Gasteiger partial charge in [-0.05, 0) is 56.0 Å². The lowest BCUT2D eigenvalue weighted by Crippen LogP contribution is -2.63. The maximum atomic E-state index is 13.6. The summed E-state index contributed by atoms with van der Waals surface area (Å²) in [6, 6.07) is -0.267. The van der Waals surface area contributed by atoms with E-state index in [0.717, 1.165) is 0 Å². The minimum Gasteiger partial charge on any atom is -0.393 e. The summed E-state index contributed by atoms with van der Waals surface area (Å²) in [5.74, 6) is -3.45. The fourth-order valence-electron chi connectivity index (χ4n) is 7.36. The highest BCUT2D eigenvalue weighted by atomic mass is 16.7. The molecule has 0 amide bonds. The van der Waals surface area contributed by atoms with Gasteiger partial charge in [0.05, 0.1) is 17.7 Å². The summed E-state index contributed by atoms with van der Waals surface area (Å²) in [5, 5.41) is 21.9. The molecule has 0 aromatic carbocycles. The van der Waals surface area contributed by atoms with E-state index in [1.54, 1.807) is 13.8 Å². The van der Waals surface area contributed by atoms with Gasteiger partial charge in [0.25, 0.3) is 0 Å². The van der Waals surface area contributed by atoms with Gasteiger partial charge in [0, 0.05) is 19.5 Å². The molecule has 3 saturated carbocycles. The molecule has 4 aliphatic carbocycles. The molecule has 1 heterocycles. The molecule has 1 saturated heterocycles. The van der Waals surface area contributed by atoms with E-state index in [4.69, 9.17) is 17.7 Å². The van der Waals surface area contributed by atoms with Crippen LogP contribution < -0.4 is 0 Å². The molecule has 0 spiro atoms. The third-order valence-corrected chi connectivity index (χ3v) is 8.65. The third-order valence-electron chi connectivity index (χ3n) is 8.65. The van der Waals surface area contributed by atoms with Crippen molar-refractivity contribution in [3.8, 4) is 0 Å². The molecule has 6 heteroatoms. The molecule has 0 radical (unpaired) electrons. The number of allylic oxidation sites excluding steroid dienone is 4. The Morgan fingerprint density at radius 1 is 1.48 bits per heavy atom. The zero-order valence-electron chi connectivity index (χ0n) is 24.1. The molecule has 9 atom stereocenters. The summed E-state index contributed by atoms with van der Waals surface area (Å²) < 4.78 is 62.3. The Balaban J connectivity index is 1.66. The average Bonchev–Trinajstić information content (AvgIpc) is 3.16. The highest BCUT2D eigenvalue weighted by Gasteiger charge is 2.75. The second-order valence-electron chi connectivity index (χ2n) is 10.1. The van der Waals surface area contributed by atoms with Gasteiger partial charge in [0.2, 0.25) is 0 Å². The molecule has 0 aromatic rings. The smallest absolute Gasteiger partial charge is 0.193 e. The lowest BCUT2D eigenvalue weighted by molar-refractivity contribution is -0.200. The standard InChI is InChI=1S/C25H34O6/c1-4-5-21-30-20-11-17-16-7-6-14-10-15(27)8-9-23(14,2)22(16)18(28)12-24(17,3)25(20,31-21)19(29)13-26/h8-10,16-18,20-22,26,28H,4-7,11-13H2,1-3H3/t16-,17-,18-,20+,21?,22+,23-,24-,25+/m0/s1/i6D2,8D,13D2,21D. The van der Waals surface area contributed by atoms with Crippen molar-refractivity contribution in [1.29, 1.82) is 0 Å². The number of ether oxygens (including phenoxy) is 2. The summed E-state index contributed by atoms with van der Waals surface area (Å²) in [7, 11) is 0. The van der Waals surface area contributed by atoms with Crippen molar-refractivity contribution in [1.82, 2.24) is 0 Å². The van der Waals surface area contributed by atoms with Gasteiger partial charge in [-0.2, -0.15) is 0 Å². The van der Waals surface area contributed by atoms with E-state index < -0.39 is 77.2 Å². The normalized spacial score (nSPS) is 58.0. The largest absolute Gasteiger partial charge is 0.393 e. The van der Waals surface area contributed by atoms with Crippen LogP contribution in [0.4, 0.5) is 0 Å². The Bertz CT molecular complexity index is 1120. The molecule has 31 heavy (non-hydrogen) atoms. The minimum atomic E-state index is -3.28. The summed E-state index contributed by atoms with van der Waals surface area (Å²) >= 11 is 0. The maximum Gasteiger partial charge on any atom is 0.193 e. The molecule has 0 bridgehead atoms. The van der Waals surface area contributed by atoms with Gasteiger partial charge in [-0.1, -0.05) is 38.8 Å². The van der Waals surface area contributed by atoms with Gasteiger partial charge in [0.1, 0.15) is 6.56 Å². The number of carbonyl (C=O) groups is 2. The van der Waals surface area contributed by atoms with Gasteiger partial charge < -0.3 is 19.7 Å². The Morgan fingerprint density at radius 3 is 2.97 bits per heavy atom. The van der Waals surface area contributed by atoms with E-state index in [1.165, 1.54) is 12.2 Å². The fourth-order valence-corrected chi connectivity index (χ4v) is 7.36. The van der Waals surface area contributed by atoms with Crippen LogP contribution in [0.3, 0.4) is 0 Å². The van der Waals surface area contributed by atoms with E-state index in [2.05, 4.69) is 0 Å². The van der Waals surface area contributed by atoms with Gasteiger partial charge in [-0.15, -0.1) is 0 Å². The van der Waals surface area contributed by atoms with E-state index in [-0.39, 0.29) is 37.3 Å². The zero-order chi connectivity index (χ0) is 27.6. The van der Waals surface area contributed by atoms with Crippen LogP contribution in [0.15, 0.2) is 23.8 Å². The van der Waals surface area contributed by atoms with Crippen LogP contribution in [0, 0.1) is 28.6 Å². The van der Waals surface area contributed by atoms with Crippen molar-refractivity contribution in [3.63, 3.8) is 0 Å². The Morgan fingerprint density at radius 2 is 2.26 bits per heavy atom. The number of rotatable bonds is 4. The number of carbonyl (C=O) groups excluding carboxylic acids is 2. The number of ketones is 2. The highest BCUT2D eigenvalue weighted by Crippen LogP contribution is 2.69. The summed E-state index contributed by atoms with van der Waals surface area (Å²) in [6.07, 6.45) is -2.81. The van der Waals surface area contributed by atoms with Crippen LogP contribution in [0.1, 0.15) is 67.5 Å². The van der Waals surface area contributed by atoms with Crippen molar-refractivity contribution in [2.24, 2.45) is 28.6 Å². The van der Waals surface area contributed by atoms with Gasteiger partial charge in [0.15, 0.2) is 23.4 Å². The molecule has 6 nitrogen and oxygen atoms in total. The number of Topliss-reactive ketones (excluding diaryl/α,β-unsaturated/α-hetero) is 1. The zero-order valence-corrected chi connectivity index (χ0v) is 18.1. The number of aliphatic hydroxyl groups excluding tert-OH is 1. The van der Waals surface area contributed by atoms with E-state index in [1.807, 2.05) is 6.92 Å². The molecular weight excluding hydrogens is 396 g/mol. The van der Waals surface area contributed by atoms with Crippen LogP contribution in [0.2, 0.25) is 0 Å². The summed E-state index contributed by atoms with van der Waals surface area (Å²) in [6.45, 7) is 1.94. The van der Waals surface area contributed by atoms with Crippen molar-refractivity contribution in [2.45, 2.75) is 83.3 Å². The molecule has 2 N–H and O–H groups in total.